The van der Waals surface area contributed by atoms with Gasteiger partial charge in [0, 0.05) is 18.3 Å². The highest BCUT2D eigenvalue weighted by Crippen LogP contribution is 2.15. The van der Waals surface area contributed by atoms with E-state index in [1.807, 2.05) is 13.2 Å². The van der Waals surface area contributed by atoms with Crippen molar-refractivity contribution in [3.63, 3.8) is 0 Å². The van der Waals surface area contributed by atoms with Crippen LogP contribution in [0.2, 0.25) is 0 Å². The van der Waals surface area contributed by atoms with Gasteiger partial charge in [0.1, 0.15) is 0 Å². The van der Waals surface area contributed by atoms with Crippen LogP contribution >= 0.6 is 0 Å². The number of fused-ring (bicyclic) bond motifs is 1. The second-order valence-electron chi connectivity index (χ2n) is 3.61. The highest BCUT2D eigenvalue weighted by Gasteiger charge is 2.10. The zero-order chi connectivity index (χ0) is 9.80. The van der Waals surface area contributed by atoms with Gasteiger partial charge < -0.3 is 10.1 Å². The van der Waals surface area contributed by atoms with Gasteiger partial charge in [0.05, 0.1) is 13.2 Å². The van der Waals surface area contributed by atoms with Gasteiger partial charge in [-0.05, 0) is 31.1 Å². The number of aromatic nitrogens is 1. The molecule has 1 aromatic heterocycles. The average Bonchev–Trinajstić information content (AvgIpc) is 2.26. The Morgan fingerprint density at radius 3 is 3.36 bits per heavy atom. The largest absolute Gasteiger partial charge is 0.376 e. The molecule has 1 N–H and O–H groups in total. The second-order valence-corrected chi connectivity index (χ2v) is 3.61. The molecular weight excluding hydrogens is 176 g/mol. The van der Waals surface area contributed by atoms with E-state index in [9.17, 15) is 0 Å². The Labute approximate surface area is 84.5 Å². The Kier molecular flexibility index (Phi) is 3.11. The fraction of sp³-hybridized carbons (Fsp3) is 0.545. The fourth-order valence-corrected chi connectivity index (χ4v) is 1.70. The summed E-state index contributed by atoms with van der Waals surface area (Å²) in [5, 5.41) is 3.14. The first kappa shape index (κ1) is 9.62. The summed E-state index contributed by atoms with van der Waals surface area (Å²) in [4.78, 5) is 4.46. The number of ether oxygens (including phenoxy) is 1. The van der Waals surface area contributed by atoms with Crippen molar-refractivity contribution >= 4 is 0 Å². The smallest absolute Gasteiger partial charge is 0.0734 e. The molecule has 1 aromatic rings. The van der Waals surface area contributed by atoms with Gasteiger partial charge >= 0.3 is 0 Å². The number of pyridine rings is 1. The van der Waals surface area contributed by atoms with Crippen LogP contribution in [0, 0.1) is 0 Å². The molecule has 0 unspecified atom stereocenters. The fourth-order valence-electron chi connectivity index (χ4n) is 1.70. The molecule has 0 atom stereocenters. The third kappa shape index (κ3) is 2.11. The van der Waals surface area contributed by atoms with Crippen molar-refractivity contribution < 1.29 is 4.74 Å². The number of nitrogens with zero attached hydrogens (tertiary/aromatic N) is 1. The van der Waals surface area contributed by atoms with E-state index in [1.54, 1.807) is 0 Å². The highest BCUT2D eigenvalue weighted by molar-refractivity contribution is 5.26. The first-order chi connectivity index (χ1) is 6.90. The molecule has 1 aliphatic rings. The molecule has 0 saturated carbocycles. The van der Waals surface area contributed by atoms with E-state index in [2.05, 4.69) is 16.4 Å². The van der Waals surface area contributed by atoms with Crippen LogP contribution in [0.15, 0.2) is 12.3 Å². The summed E-state index contributed by atoms with van der Waals surface area (Å²) in [5.41, 5.74) is 3.78. The van der Waals surface area contributed by atoms with Crippen molar-refractivity contribution in [2.24, 2.45) is 0 Å². The Morgan fingerprint density at radius 2 is 2.50 bits per heavy atom. The van der Waals surface area contributed by atoms with Gasteiger partial charge in [0.25, 0.3) is 0 Å². The minimum Gasteiger partial charge on any atom is -0.376 e. The predicted octanol–water partition coefficient (Wildman–Crippen LogP) is 0.916. The normalized spacial score (nSPS) is 15.2. The lowest BCUT2D eigenvalue weighted by atomic mass is 10.1. The number of hydrogen-bond acceptors (Lipinski definition) is 3. The van der Waals surface area contributed by atoms with E-state index >= 15 is 0 Å². The molecule has 0 saturated heterocycles. The molecule has 0 bridgehead atoms. The van der Waals surface area contributed by atoms with Gasteiger partial charge in [-0.25, -0.2) is 0 Å². The maximum Gasteiger partial charge on any atom is 0.0734 e. The van der Waals surface area contributed by atoms with Gasteiger partial charge in [-0.3, -0.25) is 4.98 Å². The highest BCUT2D eigenvalue weighted by atomic mass is 16.5. The number of rotatable bonds is 3. The Balaban J connectivity index is 2.12. The van der Waals surface area contributed by atoms with Crippen LogP contribution in [0.1, 0.15) is 16.8 Å². The standard InChI is InChI=1S/C11H16N2O/c1-12-4-2-9-6-10-8-14-5-3-11(10)13-7-9/h6-7,12H,2-5,8H2,1H3. The Bertz CT molecular complexity index is 312. The van der Waals surface area contributed by atoms with Gasteiger partial charge in [-0.1, -0.05) is 6.07 Å². The lowest BCUT2D eigenvalue weighted by Gasteiger charge is -2.16. The van der Waals surface area contributed by atoms with Crippen LogP contribution in [-0.4, -0.2) is 25.2 Å². The average molecular weight is 192 g/mol. The molecule has 14 heavy (non-hydrogen) atoms. The van der Waals surface area contributed by atoms with Crippen molar-refractivity contribution in [3.05, 3.63) is 29.1 Å². The maximum absolute atomic E-state index is 5.40. The van der Waals surface area contributed by atoms with Crippen LogP contribution in [0.3, 0.4) is 0 Å². The van der Waals surface area contributed by atoms with Crippen LogP contribution in [0.5, 0.6) is 0 Å². The lowest BCUT2D eigenvalue weighted by molar-refractivity contribution is 0.109. The SMILES string of the molecule is CNCCc1cnc2c(c1)COCC2. The molecule has 3 heteroatoms. The second kappa shape index (κ2) is 4.53. The first-order valence-corrected chi connectivity index (χ1v) is 5.09. The minimum atomic E-state index is 0.732. The van der Waals surface area contributed by atoms with E-state index in [1.165, 1.54) is 16.8 Å². The molecule has 0 aromatic carbocycles. The summed E-state index contributed by atoms with van der Waals surface area (Å²) in [7, 11) is 1.97. The summed E-state index contributed by atoms with van der Waals surface area (Å²) < 4.78 is 5.40. The number of likely N-dealkylation sites (N-methyl/N-ethyl adjacent to an activating group) is 1. The third-order valence-corrected chi connectivity index (χ3v) is 2.52. The molecular formula is C11H16N2O. The lowest BCUT2D eigenvalue weighted by Crippen LogP contribution is -2.14. The van der Waals surface area contributed by atoms with Crippen molar-refractivity contribution in [3.8, 4) is 0 Å². The predicted molar refractivity (Wildman–Crippen MR) is 55.2 cm³/mol. The number of hydrogen-bond donors (Lipinski definition) is 1. The summed E-state index contributed by atoms with van der Waals surface area (Å²) in [5.74, 6) is 0. The quantitative estimate of drug-likeness (QED) is 0.773. The summed E-state index contributed by atoms with van der Waals surface area (Å²) >= 11 is 0. The van der Waals surface area contributed by atoms with Crippen molar-refractivity contribution in [1.82, 2.24) is 10.3 Å². The maximum atomic E-state index is 5.40. The Morgan fingerprint density at radius 1 is 1.57 bits per heavy atom. The first-order valence-electron chi connectivity index (χ1n) is 5.09. The molecule has 0 aliphatic carbocycles. The molecule has 1 aliphatic heterocycles. The number of nitrogens with one attached hydrogen (secondary N) is 1. The molecule has 3 nitrogen and oxygen atoms in total. The monoisotopic (exact) mass is 192 g/mol. The third-order valence-electron chi connectivity index (χ3n) is 2.52. The van der Waals surface area contributed by atoms with Gasteiger partial charge in [0.15, 0.2) is 0 Å². The van der Waals surface area contributed by atoms with E-state index in [0.29, 0.717) is 0 Å². The van der Waals surface area contributed by atoms with Crippen LogP contribution < -0.4 is 5.32 Å². The Hall–Kier alpha value is -0.930. The van der Waals surface area contributed by atoms with Gasteiger partial charge in [-0.2, -0.15) is 0 Å². The van der Waals surface area contributed by atoms with Crippen molar-refractivity contribution in [1.29, 1.82) is 0 Å². The van der Waals surface area contributed by atoms with Gasteiger partial charge in [0.2, 0.25) is 0 Å². The van der Waals surface area contributed by atoms with E-state index in [-0.39, 0.29) is 0 Å². The zero-order valence-corrected chi connectivity index (χ0v) is 8.55. The van der Waals surface area contributed by atoms with E-state index in [0.717, 1.165) is 32.6 Å². The minimum absolute atomic E-state index is 0.732. The summed E-state index contributed by atoms with van der Waals surface area (Å²) in [6, 6.07) is 2.22. The molecule has 0 radical (unpaired) electrons. The molecule has 0 spiro atoms. The summed E-state index contributed by atoms with van der Waals surface area (Å²) in [6.07, 6.45) is 3.99. The van der Waals surface area contributed by atoms with Crippen LogP contribution in [0.4, 0.5) is 0 Å². The van der Waals surface area contributed by atoms with E-state index < -0.39 is 0 Å². The summed E-state index contributed by atoms with van der Waals surface area (Å²) in [6.45, 7) is 2.55. The molecule has 0 amide bonds. The molecule has 0 fully saturated rings. The van der Waals surface area contributed by atoms with E-state index in [4.69, 9.17) is 4.74 Å². The molecule has 2 rings (SSSR count). The molecule has 2 heterocycles. The van der Waals surface area contributed by atoms with Crippen LogP contribution in [0.25, 0.3) is 0 Å². The van der Waals surface area contributed by atoms with Crippen molar-refractivity contribution in [2.75, 3.05) is 20.2 Å². The zero-order valence-electron chi connectivity index (χ0n) is 8.55. The van der Waals surface area contributed by atoms with Crippen LogP contribution in [-0.2, 0) is 24.2 Å². The van der Waals surface area contributed by atoms with Crippen molar-refractivity contribution in [2.45, 2.75) is 19.4 Å². The van der Waals surface area contributed by atoms with Gasteiger partial charge in [-0.15, -0.1) is 0 Å². The molecule has 76 valence electrons. The topological polar surface area (TPSA) is 34.2 Å².